The van der Waals surface area contributed by atoms with Gasteiger partial charge in [-0.25, -0.2) is 0 Å². The highest BCUT2D eigenvalue weighted by Crippen LogP contribution is 2.33. The number of aromatic nitrogens is 1. The van der Waals surface area contributed by atoms with Crippen molar-refractivity contribution in [1.82, 2.24) is 4.57 Å². The van der Waals surface area contributed by atoms with Crippen molar-refractivity contribution in [2.75, 3.05) is 6.61 Å². The maximum atomic E-state index is 12.3. The number of nitrogens with zero attached hydrogens (tertiary/aromatic N) is 1. The molecule has 1 aromatic heterocycles. The Hall–Kier alpha value is -1.07. The van der Waals surface area contributed by atoms with Gasteiger partial charge in [0.05, 0.1) is 8.95 Å². The van der Waals surface area contributed by atoms with Gasteiger partial charge in [0, 0.05) is 24.0 Å². The second-order valence-corrected chi connectivity index (χ2v) is 6.32. The van der Waals surface area contributed by atoms with E-state index in [2.05, 4.69) is 31.9 Å². The van der Waals surface area contributed by atoms with E-state index in [0.717, 1.165) is 20.3 Å². The minimum Gasteiger partial charge on any atom is -0.483 e. The number of carbonyl (C=O) groups excluding carboxylic acids is 1. The minimum absolute atomic E-state index is 0.0194. The number of halogens is 2. The molecular formula is C15H15Br2NO2. The Balaban J connectivity index is 2.15. The highest BCUT2D eigenvalue weighted by atomic mass is 79.9. The van der Waals surface area contributed by atoms with Gasteiger partial charge in [-0.2, -0.15) is 0 Å². The molecule has 0 saturated heterocycles. The van der Waals surface area contributed by atoms with Crippen molar-refractivity contribution in [2.24, 2.45) is 7.05 Å². The molecule has 0 N–H and O–H groups in total. The first-order valence-corrected chi connectivity index (χ1v) is 7.73. The van der Waals surface area contributed by atoms with Gasteiger partial charge in [-0.1, -0.05) is 6.07 Å². The van der Waals surface area contributed by atoms with Gasteiger partial charge >= 0.3 is 0 Å². The zero-order valence-corrected chi connectivity index (χ0v) is 14.7. The largest absolute Gasteiger partial charge is 0.483 e. The summed E-state index contributed by atoms with van der Waals surface area (Å²) in [6.45, 7) is 3.94. The smallest absolute Gasteiger partial charge is 0.202 e. The summed E-state index contributed by atoms with van der Waals surface area (Å²) < 4.78 is 9.28. The van der Waals surface area contributed by atoms with Crippen LogP contribution in [-0.4, -0.2) is 17.0 Å². The van der Waals surface area contributed by atoms with Gasteiger partial charge in [-0.15, -0.1) is 0 Å². The van der Waals surface area contributed by atoms with Crippen molar-refractivity contribution in [2.45, 2.75) is 13.8 Å². The van der Waals surface area contributed by atoms with Crippen LogP contribution in [0.2, 0.25) is 0 Å². The van der Waals surface area contributed by atoms with Crippen LogP contribution in [0.15, 0.2) is 33.2 Å². The molecule has 3 nitrogen and oxygen atoms in total. The van der Waals surface area contributed by atoms with Gasteiger partial charge in [-0.05, 0) is 63.9 Å². The molecule has 0 bridgehead atoms. The Morgan fingerprint density at radius 2 is 1.85 bits per heavy atom. The number of hydrogen-bond acceptors (Lipinski definition) is 2. The molecular weight excluding hydrogens is 386 g/mol. The highest BCUT2D eigenvalue weighted by molar-refractivity contribution is 9.11. The van der Waals surface area contributed by atoms with E-state index >= 15 is 0 Å². The normalized spacial score (nSPS) is 10.7. The summed E-state index contributed by atoms with van der Waals surface area (Å²) >= 11 is 6.83. The summed E-state index contributed by atoms with van der Waals surface area (Å²) in [5.41, 5.74) is 2.74. The number of aryl methyl sites for hydroxylation is 1. The Morgan fingerprint density at radius 3 is 2.35 bits per heavy atom. The molecule has 1 aromatic carbocycles. The predicted molar refractivity (Wildman–Crippen MR) is 86.6 cm³/mol. The molecule has 5 heteroatoms. The van der Waals surface area contributed by atoms with Crippen LogP contribution in [-0.2, 0) is 7.05 Å². The van der Waals surface area contributed by atoms with Crippen molar-refractivity contribution >= 4 is 37.6 Å². The van der Waals surface area contributed by atoms with Crippen LogP contribution >= 0.6 is 31.9 Å². The second-order valence-electron chi connectivity index (χ2n) is 4.61. The molecule has 1 heterocycles. The number of hydrogen-bond donors (Lipinski definition) is 0. The first-order valence-electron chi connectivity index (χ1n) is 6.14. The summed E-state index contributed by atoms with van der Waals surface area (Å²) in [5.74, 6) is 0.625. The SMILES string of the molecule is Cc1cc(C(=O)COc2c(Br)cccc2Br)c(C)n1C. The summed E-state index contributed by atoms with van der Waals surface area (Å²) in [4.78, 5) is 12.3. The molecule has 0 atom stereocenters. The summed E-state index contributed by atoms with van der Waals surface area (Å²) in [5, 5.41) is 0. The fourth-order valence-electron chi connectivity index (χ4n) is 1.97. The Labute approximate surface area is 135 Å². The fraction of sp³-hybridized carbons (Fsp3) is 0.267. The van der Waals surface area contributed by atoms with E-state index in [1.54, 1.807) is 0 Å². The molecule has 106 valence electrons. The van der Waals surface area contributed by atoms with Crippen LogP contribution in [0.1, 0.15) is 21.7 Å². The van der Waals surface area contributed by atoms with E-state index in [1.807, 2.05) is 49.7 Å². The third-order valence-electron chi connectivity index (χ3n) is 3.34. The number of ether oxygens (including phenoxy) is 1. The van der Waals surface area contributed by atoms with Crippen LogP contribution in [0.3, 0.4) is 0 Å². The molecule has 0 unspecified atom stereocenters. The lowest BCUT2D eigenvalue weighted by atomic mass is 10.1. The summed E-state index contributed by atoms with van der Waals surface area (Å²) in [7, 11) is 1.95. The Bertz CT molecular complexity index is 642. The quantitative estimate of drug-likeness (QED) is 0.711. The average molecular weight is 401 g/mol. The van der Waals surface area contributed by atoms with Crippen LogP contribution in [0.25, 0.3) is 0 Å². The number of rotatable bonds is 4. The van der Waals surface area contributed by atoms with E-state index in [4.69, 9.17) is 4.74 Å². The van der Waals surface area contributed by atoms with E-state index < -0.39 is 0 Å². The van der Waals surface area contributed by atoms with E-state index in [0.29, 0.717) is 11.3 Å². The van der Waals surface area contributed by atoms with Crippen LogP contribution < -0.4 is 4.74 Å². The topological polar surface area (TPSA) is 31.2 Å². The molecule has 0 aliphatic carbocycles. The maximum absolute atomic E-state index is 12.3. The van der Waals surface area contributed by atoms with Crippen LogP contribution in [0.5, 0.6) is 5.75 Å². The minimum atomic E-state index is -0.0196. The van der Waals surface area contributed by atoms with Crippen molar-refractivity contribution in [3.05, 3.63) is 50.2 Å². The average Bonchev–Trinajstić information content (AvgIpc) is 2.66. The molecule has 20 heavy (non-hydrogen) atoms. The molecule has 0 amide bonds. The third kappa shape index (κ3) is 2.99. The summed E-state index contributed by atoms with van der Waals surface area (Å²) in [6, 6.07) is 7.55. The van der Waals surface area contributed by atoms with E-state index in [9.17, 15) is 4.79 Å². The zero-order valence-electron chi connectivity index (χ0n) is 11.5. The molecule has 0 radical (unpaired) electrons. The van der Waals surface area contributed by atoms with Crippen molar-refractivity contribution < 1.29 is 9.53 Å². The predicted octanol–water partition coefficient (Wildman–Crippen LogP) is 4.43. The van der Waals surface area contributed by atoms with Gasteiger partial charge < -0.3 is 9.30 Å². The van der Waals surface area contributed by atoms with E-state index in [1.165, 1.54) is 0 Å². The molecule has 0 spiro atoms. The van der Waals surface area contributed by atoms with Crippen molar-refractivity contribution in [3.8, 4) is 5.75 Å². The zero-order chi connectivity index (χ0) is 14.9. The van der Waals surface area contributed by atoms with Gasteiger partial charge in [0.2, 0.25) is 5.78 Å². The number of ketones is 1. The lowest BCUT2D eigenvalue weighted by molar-refractivity contribution is 0.0920. The van der Waals surface area contributed by atoms with Gasteiger partial charge in [-0.3, -0.25) is 4.79 Å². The van der Waals surface area contributed by atoms with Gasteiger partial charge in [0.1, 0.15) is 5.75 Å². The van der Waals surface area contributed by atoms with Crippen LogP contribution in [0, 0.1) is 13.8 Å². The van der Waals surface area contributed by atoms with Gasteiger partial charge in [0.25, 0.3) is 0 Å². The van der Waals surface area contributed by atoms with Crippen molar-refractivity contribution in [3.63, 3.8) is 0 Å². The van der Waals surface area contributed by atoms with Crippen LogP contribution in [0.4, 0.5) is 0 Å². The monoisotopic (exact) mass is 399 g/mol. The van der Waals surface area contributed by atoms with E-state index in [-0.39, 0.29) is 12.4 Å². The second kappa shape index (κ2) is 6.14. The molecule has 0 aliphatic heterocycles. The Kier molecular flexibility index (Phi) is 4.70. The lowest BCUT2D eigenvalue weighted by Crippen LogP contribution is -2.13. The standard InChI is InChI=1S/C15H15Br2NO2/c1-9-7-11(10(2)18(9)3)14(19)8-20-15-12(16)5-4-6-13(15)17/h4-7H,8H2,1-3H3. The number of carbonyl (C=O) groups is 1. The highest BCUT2D eigenvalue weighted by Gasteiger charge is 2.15. The molecule has 2 aromatic rings. The number of Topliss-reactive ketones (excluding diaryl/α,β-unsaturated/α-hetero) is 1. The summed E-state index contributed by atoms with van der Waals surface area (Å²) in [6.07, 6.45) is 0. The molecule has 0 fully saturated rings. The van der Waals surface area contributed by atoms with Crippen molar-refractivity contribution in [1.29, 1.82) is 0 Å². The Morgan fingerprint density at radius 1 is 1.25 bits per heavy atom. The maximum Gasteiger partial charge on any atom is 0.202 e. The molecule has 0 saturated carbocycles. The van der Waals surface area contributed by atoms with Gasteiger partial charge in [0.15, 0.2) is 6.61 Å². The third-order valence-corrected chi connectivity index (χ3v) is 4.59. The first-order chi connectivity index (χ1) is 9.41. The molecule has 0 aliphatic rings. The fourth-order valence-corrected chi connectivity index (χ4v) is 3.20. The number of benzene rings is 1. The molecule has 2 rings (SSSR count). The lowest BCUT2D eigenvalue weighted by Gasteiger charge is -2.09. The number of para-hydroxylation sites is 1. The first kappa shape index (κ1) is 15.3.